The molecule has 1 aliphatic rings. The van der Waals surface area contributed by atoms with Gasteiger partial charge in [-0.15, -0.1) is 0 Å². The molecule has 1 aromatic carbocycles. The molecule has 1 aromatic rings. The molecule has 0 spiro atoms. The van der Waals surface area contributed by atoms with E-state index in [1.807, 2.05) is 0 Å². The lowest BCUT2D eigenvalue weighted by atomic mass is 10.0. The first-order valence-electron chi connectivity index (χ1n) is 6.01. The van der Waals surface area contributed by atoms with Gasteiger partial charge in [-0.1, -0.05) is 0 Å². The lowest BCUT2D eigenvalue weighted by Crippen LogP contribution is -2.09. The maximum atomic E-state index is 13.1. The van der Waals surface area contributed by atoms with Gasteiger partial charge in [-0.25, -0.2) is 4.39 Å². The lowest BCUT2D eigenvalue weighted by molar-refractivity contribution is 0.0813. The number of nitrogens with two attached hydrogens (primary N) is 1. The Hall–Kier alpha value is -1.13. The summed E-state index contributed by atoms with van der Waals surface area (Å²) < 4.78 is 18.5. The summed E-state index contributed by atoms with van der Waals surface area (Å²) in [7, 11) is 0. The first-order chi connectivity index (χ1) is 8.16. The fraction of sp³-hybridized carbons (Fsp3) is 0.538. The Morgan fingerprint density at radius 1 is 1.53 bits per heavy atom. The standard InChI is InChI=1S/C13H18FNO2/c14-9-3-5-12(15)11(8-9)13(16)6-4-10-2-1-7-17-10/h3,5,8,10,13,16H,1-2,4,6-7,15H2. The molecule has 2 unspecified atom stereocenters. The van der Waals surface area contributed by atoms with Crippen molar-refractivity contribution in [1.29, 1.82) is 0 Å². The van der Waals surface area contributed by atoms with Gasteiger partial charge in [-0.3, -0.25) is 0 Å². The summed E-state index contributed by atoms with van der Waals surface area (Å²) in [5.74, 6) is -0.370. The van der Waals surface area contributed by atoms with Crippen LogP contribution in [-0.4, -0.2) is 17.8 Å². The summed E-state index contributed by atoms with van der Waals surface area (Å²) in [5, 5.41) is 9.98. The van der Waals surface area contributed by atoms with Gasteiger partial charge < -0.3 is 15.6 Å². The van der Waals surface area contributed by atoms with Gasteiger partial charge in [-0.2, -0.15) is 0 Å². The predicted molar refractivity (Wildman–Crippen MR) is 64.0 cm³/mol. The lowest BCUT2D eigenvalue weighted by Gasteiger charge is -2.15. The van der Waals surface area contributed by atoms with E-state index in [0.717, 1.165) is 25.9 Å². The number of benzene rings is 1. The zero-order valence-corrected chi connectivity index (χ0v) is 9.73. The van der Waals surface area contributed by atoms with E-state index >= 15 is 0 Å². The number of aliphatic hydroxyl groups excluding tert-OH is 1. The van der Waals surface area contributed by atoms with Crippen LogP contribution in [0.25, 0.3) is 0 Å². The smallest absolute Gasteiger partial charge is 0.123 e. The van der Waals surface area contributed by atoms with E-state index in [1.165, 1.54) is 18.2 Å². The molecule has 0 aromatic heterocycles. The number of hydrogen-bond acceptors (Lipinski definition) is 3. The molecule has 3 N–H and O–H groups in total. The molecule has 0 aliphatic carbocycles. The van der Waals surface area contributed by atoms with Crippen molar-refractivity contribution in [3.8, 4) is 0 Å². The summed E-state index contributed by atoms with van der Waals surface area (Å²) >= 11 is 0. The minimum Gasteiger partial charge on any atom is -0.398 e. The van der Waals surface area contributed by atoms with E-state index in [0.29, 0.717) is 17.7 Å². The van der Waals surface area contributed by atoms with Crippen LogP contribution in [0.15, 0.2) is 18.2 Å². The first kappa shape index (κ1) is 12.3. The molecule has 1 saturated heterocycles. The number of nitrogen functional groups attached to an aromatic ring is 1. The van der Waals surface area contributed by atoms with Gasteiger partial charge in [-0.05, 0) is 43.9 Å². The van der Waals surface area contributed by atoms with Crippen LogP contribution in [0.2, 0.25) is 0 Å². The van der Waals surface area contributed by atoms with Crippen molar-refractivity contribution in [3.05, 3.63) is 29.6 Å². The highest BCUT2D eigenvalue weighted by atomic mass is 19.1. The molecule has 1 heterocycles. The number of halogens is 1. The number of hydrogen-bond donors (Lipinski definition) is 2. The van der Waals surface area contributed by atoms with Gasteiger partial charge in [0.2, 0.25) is 0 Å². The summed E-state index contributed by atoms with van der Waals surface area (Å²) in [6.07, 6.45) is 3.00. The summed E-state index contributed by atoms with van der Waals surface area (Å²) in [6, 6.07) is 4.08. The van der Waals surface area contributed by atoms with Gasteiger partial charge in [0.1, 0.15) is 5.82 Å². The van der Waals surface area contributed by atoms with E-state index in [2.05, 4.69) is 0 Å². The van der Waals surface area contributed by atoms with Crippen molar-refractivity contribution in [2.75, 3.05) is 12.3 Å². The average molecular weight is 239 g/mol. The van der Waals surface area contributed by atoms with Crippen LogP contribution in [0.3, 0.4) is 0 Å². The maximum absolute atomic E-state index is 13.1. The fourth-order valence-electron chi connectivity index (χ4n) is 2.21. The second-order valence-corrected chi connectivity index (χ2v) is 4.50. The Morgan fingerprint density at radius 2 is 2.35 bits per heavy atom. The summed E-state index contributed by atoms with van der Waals surface area (Å²) in [6.45, 7) is 0.808. The molecule has 2 rings (SSSR count). The highest BCUT2D eigenvalue weighted by Gasteiger charge is 2.18. The van der Waals surface area contributed by atoms with Crippen molar-refractivity contribution in [2.45, 2.75) is 37.9 Å². The van der Waals surface area contributed by atoms with E-state index in [9.17, 15) is 9.50 Å². The number of aliphatic hydroxyl groups is 1. The second-order valence-electron chi connectivity index (χ2n) is 4.50. The van der Waals surface area contributed by atoms with Crippen LogP contribution in [0.4, 0.5) is 10.1 Å². The number of ether oxygens (including phenoxy) is 1. The molecule has 94 valence electrons. The van der Waals surface area contributed by atoms with Crippen molar-refractivity contribution < 1.29 is 14.2 Å². The first-order valence-corrected chi connectivity index (χ1v) is 6.01. The van der Waals surface area contributed by atoms with Crippen LogP contribution in [-0.2, 0) is 4.74 Å². The van der Waals surface area contributed by atoms with Crippen LogP contribution >= 0.6 is 0 Å². The Morgan fingerprint density at radius 3 is 3.06 bits per heavy atom. The Balaban J connectivity index is 1.93. The number of rotatable bonds is 4. The van der Waals surface area contributed by atoms with Gasteiger partial charge in [0.25, 0.3) is 0 Å². The molecule has 1 fully saturated rings. The van der Waals surface area contributed by atoms with E-state index < -0.39 is 6.10 Å². The van der Waals surface area contributed by atoms with Crippen LogP contribution < -0.4 is 5.73 Å². The van der Waals surface area contributed by atoms with Crippen molar-refractivity contribution >= 4 is 5.69 Å². The quantitative estimate of drug-likeness (QED) is 0.793. The molecule has 0 amide bonds. The zero-order chi connectivity index (χ0) is 12.3. The van der Waals surface area contributed by atoms with E-state index in [4.69, 9.17) is 10.5 Å². The second kappa shape index (κ2) is 5.47. The van der Waals surface area contributed by atoms with Crippen LogP contribution in [0.5, 0.6) is 0 Å². The SMILES string of the molecule is Nc1ccc(F)cc1C(O)CCC1CCCO1. The van der Waals surface area contributed by atoms with Crippen molar-refractivity contribution in [1.82, 2.24) is 0 Å². The van der Waals surface area contributed by atoms with Crippen molar-refractivity contribution in [3.63, 3.8) is 0 Å². The Bertz CT molecular complexity index is 378. The molecule has 4 heteroatoms. The third-order valence-electron chi connectivity index (χ3n) is 3.19. The molecule has 0 saturated carbocycles. The van der Waals surface area contributed by atoms with Crippen molar-refractivity contribution in [2.24, 2.45) is 0 Å². The van der Waals surface area contributed by atoms with E-state index in [1.54, 1.807) is 0 Å². The largest absolute Gasteiger partial charge is 0.398 e. The van der Waals surface area contributed by atoms with Gasteiger partial charge in [0.05, 0.1) is 12.2 Å². The molecule has 17 heavy (non-hydrogen) atoms. The van der Waals surface area contributed by atoms with E-state index in [-0.39, 0.29) is 11.9 Å². The molecular weight excluding hydrogens is 221 g/mol. The van der Waals surface area contributed by atoms with Gasteiger partial charge in [0.15, 0.2) is 0 Å². The van der Waals surface area contributed by atoms with Gasteiger partial charge >= 0.3 is 0 Å². The topological polar surface area (TPSA) is 55.5 Å². The molecule has 1 aliphatic heterocycles. The fourth-order valence-corrected chi connectivity index (χ4v) is 2.21. The monoisotopic (exact) mass is 239 g/mol. The number of anilines is 1. The molecule has 3 nitrogen and oxygen atoms in total. The van der Waals surface area contributed by atoms with Gasteiger partial charge in [0, 0.05) is 17.9 Å². The minimum atomic E-state index is -0.713. The molecule has 0 radical (unpaired) electrons. The Labute approximate surface area is 100 Å². The molecule has 0 bridgehead atoms. The molecule has 2 atom stereocenters. The average Bonchev–Trinajstić information content (AvgIpc) is 2.82. The summed E-state index contributed by atoms with van der Waals surface area (Å²) in [4.78, 5) is 0. The summed E-state index contributed by atoms with van der Waals surface area (Å²) in [5.41, 5.74) is 6.63. The third-order valence-corrected chi connectivity index (χ3v) is 3.19. The third kappa shape index (κ3) is 3.17. The normalized spacial score (nSPS) is 21.6. The Kier molecular flexibility index (Phi) is 3.97. The molecular formula is C13H18FNO2. The maximum Gasteiger partial charge on any atom is 0.123 e. The predicted octanol–water partition coefficient (Wildman–Crippen LogP) is 2.40. The zero-order valence-electron chi connectivity index (χ0n) is 9.73. The highest BCUT2D eigenvalue weighted by Crippen LogP contribution is 2.27. The van der Waals surface area contributed by atoms with Crippen LogP contribution in [0.1, 0.15) is 37.4 Å². The minimum absolute atomic E-state index is 0.236. The van der Waals surface area contributed by atoms with Crippen LogP contribution in [0, 0.1) is 5.82 Å². The highest BCUT2D eigenvalue weighted by molar-refractivity contribution is 5.47.